The summed E-state index contributed by atoms with van der Waals surface area (Å²) in [6.07, 6.45) is 1.78. The fourth-order valence-corrected chi connectivity index (χ4v) is 2.63. The molecule has 0 atom stereocenters. The van der Waals surface area contributed by atoms with Gasteiger partial charge in [0.2, 0.25) is 0 Å². The van der Waals surface area contributed by atoms with Crippen molar-refractivity contribution < 1.29 is 4.39 Å². The van der Waals surface area contributed by atoms with Gasteiger partial charge in [-0.2, -0.15) is 5.10 Å². The van der Waals surface area contributed by atoms with E-state index in [1.165, 1.54) is 17.8 Å². The number of aromatic nitrogens is 2. The molecule has 2 rings (SSSR count). The molecule has 2 aromatic rings. The third-order valence-corrected chi connectivity index (χ3v) is 3.57. The second kappa shape index (κ2) is 6.20. The van der Waals surface area contributed by atoms with Crippen molar-refractivity contribution >= 4 is 11.6 Å². The van der Waals surface area contributed by atoms with Crippen molar-refractivity contribution in [3.63, 3.8) is 0 Å². The van der Waals surface area contributed by atoms with Crippen LogP contribution in [0.3, 0.4) is 0 Å². The average Bonchev–Trinajstić information content (AvgIpc) is 2.78. The summed E-state index contributed by atoms with van der Waals surface area (Å²) >= 11 is 6.03. The van der Waals surface area contributed by atoms with Gasteiger partial charge in [-0.05, 0) is 30.5 Å². The van der Waals surface area contributed by atoms with Gasteiger partial charge in [-0.3, -0.25) is 4.68 Å². The molecule has 0 saturated carbocycles. The molecule has 0 unspecified atom stereocenters. The molecule has 1 aromatic heterocycles. The molecule has 0 spiro atoms. The van der Waals surface area contributed by atoms with Gasteiger partial charge in [0, 0.05) is 11.3 Å². The number of nitrogens with zero attached hydrogens (tertiary/aromatic N) is 2. The van der Waals surface area contributed by atoms with E-state index in [1.54, 1.807) is 12.1 Å². The Bertz CT molecular complexity index is 546. The van der Waals surface area contributed by atoms with E-state index in [1.807, 2.05) is 4.68 Å². The molecule has 0 bridgehead atoms. The maximum atomic E-state index is 12.9. The molecule has 4 heteroatoms. The molecule has 2 nitrogen and oxygen atoms in total. The molecular weight excluding hydrogens is 263 g/mol. The Morgan fingerprint density at radius 3 is 2.37 bits per heavy atom. The number of halogens is 2. The molecular formula is C15H18ClFN2. The molecule has 0 amide bonds. The summed E-state index contributed by atoms with van der Waals surface area (Å²) < 4.78 is 14.9. The highest BCUT2D eigenvalue weighted by atomic mass is 35.5. The summed E-state index contributed by atoms with van der Waals surface area (Å²) in [6.45, 7) is 4.85. The fraction of sp³-hybridized carbons (Fsp3) is 0.400. The molecule has 1 aromatic carbocycles. The van der Waals surface area contributed by atoms with Gasteiger partial charge in [-0.1, -0.05) is 26.0 Å². The van der Waals surface area contributed by atoms with E-state index in [0.29, 0.717) is 12.4 Å². The number of aryl methyl sites for hydroxylation is 1. The Morgan fingerprint density at radius 2 is 1.84 bits per heavy atom. The molecule has 0 fully saturated rings. The Balaban J connectivity index is 2.34. The van der Waals surface area contributed by atoms with Crippen LogP contribution in [-0.4, -0.2) is 9.78 Å². The van der Waals surface area contributed by atoms with Gasteiger partial charge in [0.15, 0.2) is 0 Å². The minimum absolute atomic E-state index is 0.212. The molecule has 0 aliphatic carbocycles. The van der Waals surface area contributed by atoms with E-state index >= 15 is 0 Å². The van der Waals surface area contributed by atoms with E-state index in [2.05, 4.69) is 18.9 Å². The van der Waals surface area contributed by atoms with Crippen molar-refractivity contribution in [2.75, 3.05) is 0 Å². The lowest BCUT2D eigenvalue weighted by atomic mass is 10.1. The molecule has 19 heavy (non-hydrogen) atoms. The van der Waals surface area contributed by atoms with Gasteiger partial charge < -0.3 is 0 Å². The minimum Gasteiger partial charge on any atom is -0.265 e. The normalized spacial score (nSPS) is 10.9. The van der Waals surface area contributed by atoms with E-state index in [0.717, 1.165) is 29.7 Å². The van der Waals surface area contributed by atoms with Crippen molar-refractivity contribution in [3.8, 4) is 0 Å². The van der Waals surface area contributed by atoms with Crippen LogP contribution >= 0.6 is 11.6 Å². The maximum Gasteiger partial charge on any atom is 0.123 e. The van der Waals surface area contributed by atoms with Crippen LogP contribution in [0, 0.1) is 5.82 Å². The highest BCUT2D eigenvalue weighted by Gasteiger charge is 2.14. The number of hydrogen-bond acceptors (Lipinski definition) is 1. The van der Waals surface area contributed by atoms with E-state index in [-0.39, 0.29) is 5.82 Å². The second-order valence-corrected chi connectivity index (χ2v) is 4.76. The topological polar surface area (TPSA) is 17.8 Å². The summed E-state index contributed by atoms with van der Waals surface area (Å²) in [5.74, 6) is 0.283. The van der Waals surface area contributed by atoms with Gasteiger partial charge >= 0.3 is 0 Å². The van der Waals surface area contributed by atoms with Crippen LogP contribution in [-0.2, 0) is 25.3 Å². The first-order valence-corrected chi connectivity index (χ1v) is 7.10. The fourth-order valence-electron chi connectivity index (χ4n) is 2.32. The number of hydrogen-bond donors (Lipinski definition) is 0. The number of benzene rings is 1. The smallest absolute Gasteiger partial charge is 0.123 e. The van der Waals surface area contributed by atoms with Crippen LogP contribution in [0.25, 0.3) is 0 Å². The van der Waals surface area contributed by atoms with Gasteiger partial charge in [0.25, 0.3) is 0 Å². The predicted molar refractivity (Wildman–Crippen MR) is 76.0 cm³/mol. The summed E-state index contributed by atoms with van der Waals surface area (Å²) in [4.78, 5) is 0. The number of alkyl halides is 1. The Kier molecular flexibility index (Phi) is 4.59. The zero-order chi connectivity index (χ0) is 13.8. The highest BCUT2D eigenvalue weighted by molar-refractivity contribution is 6.17. The van der Waals surface area contributed by atoms with Crippen molar-refractivity contribution in [1.82, 2.24) is 9.78 Å². The van der Waals surface area contributed by atoms with Crippen molar-refractivity contribution in [3.05, 3.63) is 52.6 Å². The van der Waals surface area contributed by atoms with Gasteiger partial charge in [0.05, 0.1) is 18.1 Å². The van der Waals surface area contributed by atoms with E-state index < -0.39 is 0 Å². The predicted octanol–water partition coefficient (Wildman–Crippen LogP) is 3.93. The molecule has 0 aliphatic heterocycles. The molecule has 0 N–H and O–H groups in total. The summed E-state index contributed by atoms with van der Waals surface area (Å²) in [6, 6.07) is 6.55. The largest absolute Gasteiger partial charge is 0.265 e. The Morgan fingerprint density at radius 1 is 1.16 bits per heavy atom. The van der Waals surface area contributed by atoms with Crippen LogP contribution in [0.1, 0.15) is 36.4 Å². The summed E-state index contributed by atoms with van der Waals surface area (Å²) in [7, 11) is 0. The molecule has 0 radical (unpaired) electrons. The van der Waals surface area contributed by atoms with Crippen LogP contribution in [0.4, 0.5) is 4.39 Å². The zero-order valence-electron chi connectivity index (χ0n) is 11.3. The Hall–Kier alpha value is -1.35. The van der Waals surface area contributed by atoms with Crippen LogP contribution in [0.15, 0.2) is 24.3 Å². The molecule has 0 saturated heterocycles. The second-order valence-electron chi connectivity index (χ2n) is 4.50. The van der Waals surface area contributed by atoms with Gasteiger partial charge in [-0.15, -0.1) is 11.6 Å². The average molecular weight is 281 g/mol. The lowest BCUT2D eigenvalue weighted by Gasteiger charge is -2.07. The third kappa shape index (κ3) is 2.98. The van der Waals surface area contributed by atoms with Crippen LogP contribution in [0.2, 0.25) is 0 Å². The van der Waals surface area contributed by atoms with E-state index in [4.69, 9.17) is 11.6 Å². The van der Waals surface area contributed by atoms with E-state index in [9.17, 15) is 4.39 Å². The molecule has 0 aliphatic rings. The van der Waals surface area contributed by atoms with Crippen molar-refractivity contribution in [2.24, 2.45) is 0 Å². The first-order valence-electron chi connectivity index (χ1n) is 6.57. The number of rotatable bonds is 5. The monoisotopic (exact) mass is 280 g/mol. The summed E-state index contributed by atoms with van der Waals surface area (Å²) in [5, 5.41) is 4.63. The maximum absolute atomic E-state index is 12.9. The quantitative estimate of drug-likeness (QED) is 0.759. The van der Waals surface area contributed by atoms with Crippen molar-refractivity contribution in [1.29, 1.82) is 0 Å². The SMILES string of the molecule is CCc1nn(Cc2ccc(F)cc2)c(CC)c1CCl. The zero-order valence-corrected chi connectivity index (χ0v) is 12.0. The Labute approximate surface area is 118 Å². The van der Waals surface area contributed by atoms with Crippen molar-refractivity contribution in [2.45, 2.75) is 39.1 Å². The third-order valence-electron chi connectivity index (χ3n) is 3.30. The van der Waals surface area contributed by atoms with Gasteiger partial charge in [-0.25, -0.2) is 4.39 Å². The first-order chi connectivity index (χ1) is 9.19. The molecule has 102 valence electrons. The lowest BCUT2D eigenvalue weighted by molar-refractivity contribution is 0.619. The van der Waals surface area contributed by atoms with Crippen LogP contribution in [0.5, 0.6) is 0 Å². The summed E-state index contributed by atoms with van der Waals surface area (Å²) in [5.41, 5.74) is 4.43. The van der Waals surface area contributed by atoms with Gasteiger partial charge in [0.1, 0.15) is 5.82 Å². The highest BCUT2D eigenvalue weighted by Crippen LogP contribution is 2.19. The lowest BCUT2D eigenvalue weighted by Crippen LogP contribution is -2.06. The standard InChI is InChI=1S/C15H18ClFN2/c1-3-14-13(9-16)15(4-2)19(18-14)10-11-5-7-12(17)8-6-11/h5-8H,3-4,9-10H2,1-2H3. The first kappa shape index (κ1) is 14.1. The minimum atomic E-state index is -0.212. The molecule has 1 heterocycles. The van der Waals surface area contributed by atoms with Crippen LogP contribution < -0.4 is 0 Å².